The summed E-state index contributed by atoms with van der Waals surface area (Å²) in [5, 5.41) is 4.41. The predicted octanol–water partition coefficient (Wildman–Crippen LogP) is 5.73. The van der Waals surface area contributed by atoms with Crippen LogP contribution in [0, 0.1) is 5.82 Å². The van der Waals surface area contributed by atoms with Crippen molar-refractivity contribution in [1.29, 1.82) is 0 Å². The Hall–Kier alpha value is -3.84. The zero-order valence-corrected chi connectivity index (χ0v) is 18.6. The first-order valence-corrected chi connectivity index (χ1v) is 11.2. The molecule has 7 heteroatoms. The summed E-state index contributed by atoms with van der Waals surface area (Å²) < 4.78 is 20.7. The number of thioether (sulfide) groups is 1. The quantitative estimate of drug-likeness (QED) is 0.390. The summed E-state index contributed by atoms with van der Waals surface area (Å²) in [5.41, 5.74) is 3.61. The maximum absolute atomic E-state index is 13.5. The van der Waals surface area contributed by atoms with E-state index in [9.17, 15) is 9.18 Å². The third kappa shape index (κ3) is 4.68. The van der Waals surface area contributed by atoms with Crippen molar-refractivity contribution in [3.05, 3.63) is 101 Å². The average Bonchev–Trinajstić information content (AvgIpc) is 3.36. The lowest BCUT2D eigenvalue weighted by Gasteiger charge is -2.06. The van der Waals surface area contributed by atoms with E-state index in [4.69, 9.17) is 4.74 Å². The number of benzene rings is 3. The number of aliphatic imine (C=N–C) groups is 1. The Kier molecular flexibility index (Phi) is 5.71. The van der Waals surface area contributed by atoms with Crippen LogP contribution in [0.2, 0.25) is 0 Å². The summed E-state index contributed by atoms with van der Waals surface area (Å²) in [4.78, 5) is 17.5. The van der Waals surface area contributed by atoms with E-state index in [1.165, 1.54) is 17.8 Å². The molecule has 0 bridgehead atoms. The van der Waals surface area contributed by atoms with Crippen molar-refractivity contribution in [3.63, 3.8) is 0 Å². The molecule has 1 saturated heterocycles. The lowest BCUT2D eigenvalue weighted by atomic mass is 10.1. The van der Waals surface area contributed by atoms with Crippen LogP contribution in [0.4, 0.5) is 10.1 Å². The van der Waals surface area contributed by atoms with E-state index in [0.717, 1.165) is 33.5 Å². The second-order valence-corrected chi connectivity index (χ2v) is 8.60. The second kappa shape index (κ2) is 8.96. The number of nitrogens with one attached hydrogen (secondary N) is 1. The van der Waals surface area contributed by atoms with Crippen LogP contribution in [0.5, 0.6) is 5.75 Å². The van der Waals surface area contributed by atoms with E-state index >= 15 is 0 Å². The molecule has 5 rings (SSSR count). The number of rotatable bonds is 5. The molecule has 1 N–H and O–H groups in total. The highest BCUT2D eigenvalue weighted by Crippen LogP contribution is 2.29. The van der Waals surface area contributed by atoms with Gasteiger partial charge in [-0.05, 0) is 83.6 Å². The summed E-state index contributed by atoms with van der Waals surface area (Å²) in [6.45, 7) is 0.588. The molecule has 0 unspecified atom stereocenters. The molecule has 3 aromatic carbocycles. The third-order valence-electron chi connectivity index (χ3n) is 5.29. The molecule has 0 atom stereocenters. The molecular formula is C26H20FN3O2S. The zero-order chi connectivity index (χ0) is 22.8. The van der Waals surface area contributed by atoms with Crippen LogP contribution < -0.4 is 10.1 Å². The zero-order valence-electron chi connectivity index (χ0n) is 17.8. The van der Waals surface area contributed by atoms with Crippen molar-refractivity contribution in [1.82, 2.24) is 9.88 Å². The molecule has 0 radical (unpaired) electrons. The number of hydrogen-bond acceptors (Lipinski definition) is 4. The molecule has 1 aliphatic rings. The van der Waals surface area contributed by atoms with Crippen LogP contribution in [-0.2, 0) is 11.3 Å². The number of hydrogen-bond donors (Lipinski definition) is 1. The fourth-order valence-corrected chi connectivity index (χ4v) is 4.53. The van der Waals surface area contributed by atoms with Gasteiger partial charge in [0.25, 0.3) is 5.91 Å². The van der Waals surface area contributed by atoms with Crippen molar-refractivity contribution < 1.29 is 13.9 Å². The number of carbonyl (C=O) groups is 1. The van der Waals surface area contributed by atoms with Gasteiger partial charge in [-0.2, -0.15) is 0 Å². The number of aromatic nitrogens is 1. The van der Waals surface area contributed by atoms with Gasteiger partial charge in [-0.15, -0.1) is 0 Å². The minimum absolute atomic E-state index is 0.170. The molecule has 0 saturated carbocycles. The molecule has 2 heterocycles. The number of carbonyl (C=O) groups excluding carboxylic acids is 1. The number of methoxy groups -OCH3 is 1. The smallest absolute Gasteiger partial charge is 0.264 e. The van der Waals surface area contributed by atoms with Crippen molar-refractivity contribution in [3.8, 4) is 5.75 Å². The van der Waals surface area contributed by atoms with Gasteiger partial charge in [0.05, 0.1) is 17.7 Å². The van der Waals surface area contributed by atoms with Crippen molar-refractivity contribution >= 4 is 45.5 Å². The standard InChI is InChI=1S/C26H20FN3O2S/c1-32-22-8-6-21(7-9-22)28-26-29-25(31)24(33-26)15-17-5-10-23-19(13-17)11-12-30(23)16-18-3-2-4-20(27)14-18/h2-15H,16H2,1H3,(H,28,29,31)/b24-15+. The molecule has 1 aliphatic heterocycles. The Labute approximate surface area is 194 Å². The number of fused-ring (bicyclic) bond motifs is 1. The molecule has 5 nitrogen and oxygen atoms in total. The normalized spacial score (nSPS) is 16.0. The number of nitrogens with zero attached hydrogens (tertiary/aromatic N) is 2. The van der Waals surface area contributed by atoms with Crippen LogP contribution in [0.15, 0.2) is 88.9 Å². The Morgan fingerprint density at radius 2 is 1.94 bits per heavy atom. The Bertz CT molecular complexity index is 1410. The van der Waals surface area contributed by atoms with Crippen LogP contribution in [-0.4, -0.2) is 22.8 Å². The predicted molar refractivity (Wildman–Crippen MR) is 131 cm³/mol. The summed E-state index contributed by atoms with van der Waals surface area (Å²) in [7, 11) is 1.61. The lowest BCUT2D eigenvalue weighted by molar-refractivity contribution is -0.115. The Balaban J connectivity index is 1.35. The Morgan fingerprint density at radius 1 is 1.09 bits per heavy atom. The molecule has 1 amide bonds. The number of amides is 1. The highest BCUT2D eigenvalue weighted by atomic mass is 32.2. The molecule has 1 aromatic heterocycles. The summed E-state index contributed by atoms with van der Waals surface area (Å²) >= 11 is 1.31. The van der Waals surface area contributed by atoms with Gasteiger partial charge >= 0.3 is 0 Å². The SMILES string of the molecule is COc1ccc(N=C2NC(=O)/C(=C\c3ccc4c(ccn4Cc4cccc(F)c4)c3)S2)cc1. The molecule has 1 fully saturated rings. The fourth-order valence-electron chi connectivity index (χ4n) is 3.68. The molecule has 0 aliphatic carbocycles. The van der Waals surface area contributed by atoms with Gasteiger partial charge in [0.15, 0.2) is 5.17 Å². The monoisotopic (exact) mass is 457 g/mol. The lowest BCUT2D eigenvalue weighted by Crippen LogP contribution is -2.19. The average molecular weight is 458 g/mol. The first-order chi connectivity index (χ1) is 16.1. The van der Waals surface area contributed by atoms with Crippen LogP contribution in [0.3, 0.4) is 0 Å². The van der Waals surface area contributed by atoms with E-state index < -0.39 is 0 Å². The van der Waals surface area contributed by atoms with E-state index in [1.807, 2.05) is 66.9 Å². The van der Waals surface area contributed by atoms with Gasteiger partial charge < -0.3 is 14.6 Å². The highest BCUT2D eigenvalue weighted by molar-refractivity contribution is 8.18. The van der Waals surface area contributed by atoms with E-state index in [1.54, 1.807) is 19.2 Å². The summed E-state index contributed by atoms with van der Waals surface area (Å²) in [6.07, 6.45) is 3.85. The first-order valence-electron chi connectivity index (χ1n) is 10.3. The van der Waals surface area contributed by atoms with Crippen molar-refractivity contribution in [2.24, 2.45) is 4.99 Å². The number of amidine groups is 1. The van der Waals surface area contributed by atoms with Gasteiger partial charge in [0.2, 0.25) is 0 Å². The van der Waals surface area contributed by atoms with E-state index in [2.05, 4.69) is 14.9 Å². The topological polar surface area (TPSA) is 55.6 Å². The second-order valence-electron chi connectivity index (χ2n) is 7.57. The fraction of sp³-hybridized carbons (Fsp3) is 0.0769. The largest absolute Gasteiger partial charge is 0.497 e. The molecule has 164 valence electrons. The van der Waals surface area contributed by atoms with E-state index in [-0.39, 0.29) is 11.7 Å². The van der Waals surface area contributed by atoms with Gasteiger partial charge in [-0.1, -0.05) is 18.2 Å². The maximum Gasteiger partial charge on any atom is 0.264 e. The summed E-state index contributed by atoms with van der Waals surface area (Å²) in [5.74, 6) is 0.346. The minimum Gasteiger partial charge on any atom is -0.497 e. The first kappa shape index (κ1) is 21.0. The van der Waals surface area contributed by atoms with Gasteiger partial charge in [0.1, 0.15) is 11.6 Å². The molecular weight excluding hydrogens is 437 g/mol. The molecule has 4 aromatic rings. The third-order valence-corrected chi connectivity index (χ3v) is 6.20. The minimum atomic E-state index is -0.236. The molecule has 33 heavy (non-hydrogen) atoms. The van der Waals surface area contributed by atoms with Crippen LogP contribution in [0.1, 0.15) is 11.1 Å². The van der Waals surface area contributed by atoms with Gasteiger partial charge in [-0.3, -0.25) is 4.79 Å². The highest BCUT2D eigenvalue weighted by Gasteiger charge is 2.23. The number of ether oxygens (including phenoxy) is 1. The van der Waals surface area contributed by atoms with Crippen LogP contribution >= 0.6 is 11.8 Å². The van der Waals surface area contributed by atoms with Gasteiger partial charge in [-0.25, -0.2) is 9.38 Å². The van der Waals surface area contributed by atoms with E-state index in [0.29, 0.717) is 16.6 Å². The van der Waals surface area contributed by atoms with Crippen molar-refractivity contribution in [2.75, 3.05) is 7.11 Å². The van der Waals surface area contributed by atoms with Crippen molar-refractivity contribution in [2.45, 2.75) is 6.54 Å². The number of halogens is 1. The van der Waals surface area contributed by atoms with Crippen LogP contribution in [0.25, 0.3) is 17.0 Å². The summed E-state index contributed by atoms with van der Waals surface area (Å²) in [6, 6.07) is 22.0. The van der Waals surface area contributed by atoms with Gasteiger partial charge in [0, 0.05) is 23.6 Å². The molecule has 0 spiro atoms. The maximum atomic E-state index is 13.5. The Morgan fingerprint density at radius 3 is 2.73 bits per heavy atom.